The molecule has 1 saturated heterocycles. The van der Waals surface area contributed by atoms with Crippen molar-refractivity contribution in [3.63, 3.8) is 0 Å². The molecule has 0 spiro atoms. The molecule has 0 amide bonds. The van der Waals surface area contributed by atoms with Gasteiger partial charge in [-0.3, -0.25) is 4.90 Å². The maximum Gasteiger partial charge on any atom is 0.395 e. The summed E-state index contributed by atoms with van der Waals surface area (Å²) in [5, 5.41) is 9.48. The van der Waals surface area contributed by atoms with Crippen LogP contribution in [0.1, 0.15) is 20.8 Å². The van der Waals surface area contributed by atoms with Gasteiger partial charge >= 0.3 is 6.18 Å². The SMILES string of the molecule is CC(C)(C)N1CC(N)C(O)C(C(F)(F)F)C1. The van der Waals surface area contributed by atoms with Crippen LogP contribution < -0.4 is 5.73 Å². The van der Waals surface area contributed by atoms with Crippen LogP contribution in [0.3, 0.4) is 0 Å². The van der Waals surface area contributed by atoms with Crippen molar-refractivity contribution in [2.24, 2.45) is 11.7 Å². The molecule has 1 rings (SSSR count). The number of nitrogens with two attached hydrogens (primary N) is 1. The number of piperidine rings is 1. The van der Waals surface area contributed by atoms with Crippen molar-refractivity contribution < 1.29 is 18.3 Å². The number of likely N-dealkylation sites (tertiary alicyclic amines) is 1. The number of halogens is 3. The average molecular weight is 240 g/mol. The normalized spacial score (nSPS) is 34.1. The molecule has 16 heavy (non-hydrogen) atoms. The zero-order valence-electron chi connectivity index (χ0n) is 9.75. The molecule has 0 aromatic heterocycles. The van der Waals surface area contributed by atoms with E-state index in [-0.39, 0.29) is 18.6 Å². The molecule has 0 radical (unpaired) electrons. The van der Waals surface area contributed by atoms with E-state index < -0.39 is 24.2 Å². The van der Waals surface area contributed by atoms with Gasteiger partial charge in [0.15, 0.2) is 0 Å². The highest BCUT2D eigenvalue weighted by Gasteiger charge is 2.50. The van der Waals surface area contributed by atoms with Crippen molar-refractivity contribution in [1.82, 2.24) is 4.90 Å². The van der Waals surface area contributed by atoms with Crippen LogP contribution in [0.5, 0.6) is 0 Å². The molecule has 6 heteroatoms. The number of aliphatic hydroxyl groups excluding tert-OH is 1. The third-order valence-electron chi connectivity index (χ3n) is 3.07. The fourth-order valence-electron chi connectivity index (χ4n) is 1.93. The largest absolute Gasteiger partial charge is 0.395 e. The Bertz CT molecular complexity index is 249. The van der Waals surface area contributed by atoms with Gasteiger partial charge in [0.2, 0.25) is 0 Å². The monoisotopic (exact) mass is 240 g/mol. The number of rotatable bonds is 0. The van der Waals surface area contributed by atoms with Crippen molar-refractivity contribution in [2.75, 3.05) is 13.1 Å². The highest BCUT2D eigenvalue weighted by atomic mass is 19.4. The number of hydrogen-bond donors (Lipinski definition) is 2. The molecule has 3 unspecified atom stereocenters. The Hall–Kier alpha value is -0.330. The van der Waals surface area contributed by atoms with Gasteiger partial charge in [0.1, 0.15) is 0 Å². The van der Waals surface area contributed by atoms with E-state index in [4.69, 9.17) is 5.73 Å². The van der Waals surface area contributed by atoms with E-state index in [2.05, 4.69) is 0 Å². The zero-order chi connectivity index (χ0) is 12.7. The molecule has 0 bridgehead atoms. The van der Waals surface area contributed by atoms with Gasteiger partial charge in [0.05, 0.1) is 12.0 Å². The molecule has 96 valence electrons. The van der Waals surface area contributed by atoms with Gasteiger partial charge in [0, 0.05) is 24.7 Å². The summed E-state index contributed by atoms with van der Waals surface area (Å²) >= 11 is 0. The summed E-state index contributed by atoms with van der Waals surface area (Å²) < 4.78 is 38.1. The van der Waals surface area contributed by atoms with Gasteiger partial charge < -0.3 is 10.8 Å². The van der Waals surface area contributed by atoms with Crippen molar-refractivity contribution in [3.8, 4) is 0 Å². The molecule has 0 aliphatic carbocycles. The van der Waals surface area contributed by atoms with Crippen LogP contribution >= 0.6 is 0 Å². The van der Waals surface area contributed by atoms with Crippen LogP contribution in [0, 0.1) is 5.92 Å². The summed E-state index contributed by atoms with van der Waals surface area (Å²) in [6, 6.07) is -0.848. The lowest BCUT2D eigenvalue weighted by Crippen LogP contribution is -2.63. The molecule has 1 aliphatic heterocycles. The Morgan fingerprint density at radius 1 is 1.19 bits per heavy atom. The van der Waals surface area contributed by atoms with Crippen LogP contribution in [0.2, 0.25) is 0 Å². The molecular weight excluding hydrogens is 221 g/mol. The van der Waals surface area contributed by atoms with Gasteiger partial charge in [-0.1, -0.05) is 0 Å². The molecule has 1 heterocycles. The first-order valence-corrected chi connectivity index (χ1v) is 5.29. The Kier molecular flexibility index (Phi) is 3.57. The quantitative estimate of drug-likeness (QED) is 0.663. The molecular formula is C10H19F3N2O. The highest BCUT2D eigenvalue weighted by molar-refractivity contribution is 4.95. The van der Waals surface area contributed by atoms with Gasteiger partial charge in [-0.2, -0.15) is 13.2 Å². The van der Waals surface area contributed by atoms with Crippen molar-refractivity contribution in [1.29, 1.82) is 0 Å². The van der Waals surface area contributed by atoms with E-state index in [0.717, 1.165) is 0 Å². The van der Waals surface area contributed by atoms with Gasteiger partial charge in [-0.05, 0) is 20.8 Å². The standard InChI is InChI=1S/C10H19F3N2O/c1-9(2,3)15-4-6(10(11,12)13)8(16)7(14)5-15/h6-8,16H,4-5,14H2,1-3H3. The predicted octanol–water partition coefficient (Wildman–Crippen LogP) is 0.967. The number of alkyl halides is 3. The van der Waals surface area contributed by atoms with Gasteiger partial charge in [-0.15, -0.1) is 0 Å². The predicted molar refractivity (Wildman–Crippen MR) is 54.9 cm³/mol. The summed E-state index contributed by atoms with van der Waals surface area (Å²) in [5.41, 5.74) is 5.19. The fraction of sp³-hybridized carbons (Fsp3) is 1.00. The lowest BCUT2D eigenvalue weighted by Gasteiger charge is -2.46. The first-order chi connectivity index (χ1) is 7.03. The molecule has 0 aromatic rings. The molecule has 3 atom stereocenters. The summed E-state index contributed by atoms with van der Waals surface area (Å²) in [6.45, 7) is 5.61. The lowest BCUT2D eigenvalue weighted by atomic mass is 9.88. The summed E-state index contributed by atoms with van der Waals surface area (Å²) in [6.07, 6.45) is -5.90. The Labute approximate surface area is 93.4 Å². The second-order valence-corrected chi connectivity index (χ2v) is 5.38. The van der Waals surface area contributed by atoms with E-state index in [0.29, 0.717) is 0 Å². The molecule has 0 aromatic carbocycles. The van der Waals surface area contributed by atoms with E-state index in [1.54, 1.807) is 4.90 Å². The van der Waals surface area contributed by atoms with Crippen LogP contribution in [-0.2, 0) is 0 Å². The first-order valence-electron chi connectivity index (χ1n) is 5.29. The zero-order valence-corrected chi connectivity index (χ0v) is 9.75. The van der Waals surface area contributed by atoms with Crippen LogP contribution in [0.25, 0.3) is 0 Å². The summed E-state index contributed by atoms with van der Waals surface area (Å²) in [5.74, 6) is -1.75. The van der Waals surface area contributed by atoms with Crippen molar-refractivity contribution >= 4 is 0 Å². The van der Waals surface area contributed by atoms with Gasteiger partial charge in [-0.25, -0.2) is 0 Å². The van der Waals surface area contributed by atoms with E-state index in [9.17, 15) is 18.3 Å². The Morgan fingerprint density at radius 3 is 2.06 bits per heavy atom. The van der Waals surface area contributed by atoms with Crippen molar-refractivity contribution in [2.45, 2.75) is 44.6 Å². The molecule has 3 N–H and O–H groups in total. The summed E-state index contributed by atoms with van der Waals surface area (Å²) in [4.78, 5) is 1.67. The highest BCUT2D eigenvalue weighted by Crippen LogP contribution is 2.35. The molecule has 0 saturated carbocycles. The van der Waals surface area contributed by atoms with Crippen LogP contribution in [0.15, 0.2) is 0 Å². The van der Waals surface area contributed by atoms with E-state index in [1.807, 2.05) is 20.8 Å². The third-order valence-corrected chi connectivity index (χ3v) is 3.07. The first kappa shape index (κ1) is 13.7. The Morgan fingerprint density at radius 2 is 1.69 bits per heavy atom. The minimum Gasteiger partial charge on any atom is -0.391 e. The fourth-order valence-corrected chi connectivity index (χ4v) is 1.93. The maximum absolute atomic E-state index is 12.7. The Balaban J connectivity index is 2.86. The maximum atomic E-state index is 12.7. The third kappa shape index (κ3) is 2.87. The smallest absolute Gasteiger partial charge is 0.391 e. The van der Waals surface area contributed by atoms with Crippen LogP contribution in [0.4, 0.5) is 13.2 Å². The molecule has 1 fully saturated rings. The minimum absolute atomic E-state index is 0.193. The number of aliphatic hydroxyl groups is 1. The summed E-state index contributed by atoms with van der Waals surface area (Å²) in [7, 11) is 0. The number of hydrogen-bond acceptors (Lipinski definition) is 3. The molecule has 1 aliphatic rings. The van der Waals surface area contributed by atoms with Crippen LogP contribution in [-0.4, -0.2) is 47.0 Å². The van der Waals surface area contributed by atoms with E-state index >= 15 is 0 Å². The van der Waals surface area contributed by atoms with E-state index in [1.165, 1.54) is 0 Å². The molecule has 3 nitrogen and oxygen atoms in total. The number of nitrogens with zero attached hydrogens (tertiary/aromatic N) is 1. The minimum atomic E-state index is -4.40. The topological polar surface area (TPSA) is 49.5 Å². The van der Waals surface area contributed by atoms with Gasteiger partial charge in [0.25, 0.3) is 0 Å². The average Bonchev–Trinajstić information content (AvgIpc) is 2.05. The lowest BCUT2D eigenvalue weighted by molar-refractivity contribution is -0.220. The van der Waals surface area contributed by atoms with Crippen molar-refractivity contribution in [3.05, 3.63) is 0 Å². The second-order valence-electron chi connectivity index (χ2n) is 5.38. The second kappa shape index (κ2) is 4.16.